The predicted octanol–water partition coefficient (Wildman–Crippen LogP) is 3.73. The first-order valence-electron chi connectivity index (χ1n) is 10.2. The molecule has 2 aromatic carbocycles. The summed E-state index contributed by atoms with van der Waals surface area (Å²) in [4.78, 5) is 29.5. The third-order valence-electron chi connectivity index (χ3n) is 4.74. The van der Waals surface area contributed by atoms with Crippen LogP contribution in [0.25, 0.3) is 11.0 Å². The maximum atomic E-state index is 13.1. The highest BCUT2D eigenvalue weighted by molar-refractivity contribution is 7.16. The lowest BCUT2D eigenvalue weighted by molar-refractivity contribution is -0.112. The highest BCUT2D eigenvalue weighted by Gasteiger charge is 2.13. The average molecular weight is 492 g/mol. The number of rotatable bonds is 7. The number of amides is 1. The van der Waals surface area contributed by atoms with Crippen LogP contribution < -0.4 is 20.3 Å². The molecule has 2 heterocycles. The van der Waals surface area contributed by atoms with E-state index in [1.165, 1.54) is 59.4 Å². The predicted molar refractivity (Wildman–Crippen MR) is 128 cm³/mol. The quantitative estimate of drug-likeness (QED) is 0.309. The fourth-order valence-corrected chi connectivity index (χ4v) is 3.88. The van der Waals surface area contributed by atoms with Gasteiger partial charge in [-0.3, -0.25) is 9.59 Å². The Bertz CT molecular complexity index is 1540. The maximum Gasteiger partial charge on any atom is 0.275 e. The molecule has 0 saturated heterocycles. The van der Waals surface area contributed by atoms with E-state index in [9.17, 15) is 19.2 Å². The molecule has 4 rings (SSSR count). The molecule has 35 heavy (non-hydrogen) atoms. The first kappa shape index (κ1) is 23.6. The van der Waals surface area contributed by atoms with Gasteiger partial charge in [0.25, 0.3) is 11.5 Å². The monoisotopic (exact) mass is 491 g/mol. The zero-order valence-electron chi connectivity index (χ0n) is 18.6. The molecule has 1 amide bonds. The van der Waals surface area contributed by atoms with Crippen molar-refractivity contribution < 1.29 is 18.7 Å². The molecular weight excluding hydrogens is 473 g/mol. The number of anilines is 1. The molecule has 0 aliphatic carbocycles. The number of aryl methyl sites for hydroxylation is 1. The highest BCUT2D eigenvalue weighted by atomic mass is 32.1. The molecule has 0 saturated carbocycles. The number of nitrogens with zero attached hydrogens (tertiary/aromatic N) is 4. The van der Waals surface area contributed by atoms with E-state index in [1.54, 1.807) is 25.1 Å². The molecule has 0 spiro atoms. The SMILES string of the molecule is COc1cc(C=C(C#N)C(=O)Nc2ccc(F)cc2)ccc1OCc1cc(=O)n2nc(C)sc2n1. The van der Waals surface area contributed by atoms with Gasteiger partial charge in [-0.15, -0.1) is 0 Å². The van der Waals surface area contributed by atoms with E-state index in [0.717, 1.165) is 5.01 Å². The lowest BCUT2D eigenvalue weighted by Crippen LogP contribution is -2.16. The van der Waals surface area contributed by atoms with E-state index in [4.69, 9.17) is 9.47 Å². The van der Waals surface area contributed by atoms with Crippen LogP contribution in [0.5, 0.6) is 11.5 Å². The summed E-state index contributed by atoms with van der Waals surface area (Å²) in [6, 6.07) is 13.3. The van der Waals surface area contributed by atoms with Gasteiger partial charge in [0.05, 0.1) is 12.8 Å². The van der Waals surface area contributed by atoms with E-state index < -0.39 is 11.7 Å². The van der Waals surface area contributed by atoms with Gasteiger partial charge in [0.1, 0.15) is 29.1 Å². The van der Waals surface area contributed by atoms with E-state index in [2.05, 4.69) is 15.4 Å². The third kappa shape index (κ3) is 5.51. The van der Waals surface area contributed by atoms with Crippen LogP contribution >= 0.6 is 11.3 Å². The number of nitrogens with one attached hydrogen (secondary N) is 1. The third-order valence-corrected chi connectivity index (χ3v) is 5.56. The van der Waals surface area contributed by atoms with Crippen molar-refractivity contribution in [3.8, 4) is 17.6 Å². The summed E-state index contributed by atoms with van der Waals surface area (Å²) in [6.45, 7) is 1.82. The topological polar surface area (TPSA) is 119 Å². The van der Waals surface area contributed by atoms with Gasteiger partial charge >= 0.3 is 0 Å². The molecule has 4 aromatic rings. The number of hydrogen-bond acceptors (Lipinski definition) is 8. The number of ether oxygens (including phenoxy) is 2. The second kappa shape index (κ2) is 10.1. The van der Waals surface area contributed by atoms with Gasteiger partial charge in [0.15, 0.2) is 11.5 Å². The van der Waals surface area contributed by atoms with Gasteiger partial charge in [-0.05, 0) is 55.0 Å². The van der Waals surface area contributed by atoms with Gasteiger partial charge in [-0.1, -0.05) is 17.4 Å². The number of nitriles is 1. The van der Waals surface area contributed by atoms with Crippen LogP contribution in [0.15, 0.2) is 58.9 Å². The summed E-state index contributed by atoms with van der Waals surface area (Å²) in [5.74, 6) is -0.317. The van der Waals surface area contributed by atoms with Crippen molar-refractivity contribution >= 4 is 34.0 Å². The summed E-state index contributed by atoms with van der Waals surface area (Å²) < 4.78 is 25.5. The molecule has 0 radical (unpaired) electrons. The summed E-state index contributed by atoms with van der Waals surface area (Å²) in [5, 5.41) is 16.8. The minimum absolute atomic E-state index is 0.0256. The molecule has 0 aliphatic heterocycles. The van der Waals surface area contributed by atoms with Crippen LogP contribution in [0.3, 0.4) is 0 Å². The number of halogens is 1. The largest absolute Gasteiger partial charge is 0.493 e. The summed E-state index contributed by atoms with van der Waals surface area (Å²) in [6.07, 6.45) is 1.40. The number of fused-ring (bicyclic) bond motifs is 1. The zero-order chi connectivity index (χ0) is 24.9. The lowest BCUT2D eigenvalue weighted by Gasteiger charge is -2.11. The Balaban J connectivity index is 1.50. The molecule has 9 nitrogen and oxygen atoms in total. The van der Waals surface area contributed by atoms with Crippen LogP contribution in [0.2, 0.25) is 0 Å². The molecule has 176 valence electrons. The van der Waals surface area contributed by atoms with E-state index in [-0.39, 0.29) is 17.7 Å². The highest BCUT2D eigenvalue weighted by Crippen LogP contribution is 2.29. The zero-order valence-corrected chi connectivity index (χ0v) is 19.4. The summed E-state index contributed by atoms with van der Waals surface area (Å²) in [7, 11) is 1.46. The number of methoxy groups -OCH3 is 1. The Morgan fingerprint density at radius 3 is 2.71 bits per heavy atom. The summed E-state index contributed by atoms with van der Waals surface area (Å²) >= 11 is 1.30. The molecule has 0 aliphatic rings. The van der Waals surface area contributed by atoms with Crippen LogP contribution in [0.4, 0.5) is 10.1 Å². The van der Waals surface area contributed by atoms with Crippen molar-refractivity contribution in [3.63, 3.8) is 0 Å². The second-order valence-electron chi connectivity index (χ2n) is 7.23. The number of benzene rings is 2. The Labute approximate surface area is 202 Å². The summed E-state index contributed by atoms with van der Waals surface area (Å²) in [5.41, 5.74) is 0.877. The van der Waals surface area contributed by atoms with E-state index >= 15 is 0 Å². The molecule has 0 fully saturated rings. The Kier molecular flexibility index (Phi) is 6.84. The smallest absolute Gasteiger partial charge is 0.275 e. The number of carbonyl (C=O) groups is 1. The Morgan fingerprint density at radius 1 is 1.23 bits per heavy atom. The van der Waals surface area contributed by atoms with Crippen molar-refractivity contribution in [2.24, 2.45) is 0 Å². The molecule has 11 heteroatoms. The van der Waals surface area contributed by atoms with Crippen LogP contribution in [0.1, 0.15) is 16.3 Å². The molecule has 0 bridgehead atoms. The van der Waals surface area contributed by atoms with Crippen molar-refractivity contribution in [1.29, 1.82) is 5.26 Å². The number of aromatic nitrogens is 3. The van der Waals surface area contributed by atoms with E-state index in [0.29, 0.717) is 33.4 Å². The fraction of sp³-hybridized carbons (Fsp3) is 0.125. The normalized spacial score (nSPS) is 11.2. The molecule has 0 unspecified atom stereocenters. The Morgan fingerprint density at radius 2 is 2.00 bits per heavy atom. The molecular formula is C24H18FN5O4S. The average Bonchev–Trinajstić information content (AvgIpc) is 3.23. The van der Waals surface area contributed by atoms with Crippen LogP contribution in [0, 0.1) is 24.1 Å². The Hall–Kier alpha value is -4.56. The fourth-order valence-electron chi connectivity index (χ4n) is 3.12. The standard InChI is InChI=1S/C24H18FN5O4S/c1-14-29-30-22(31)11-19(28-24(30)35-14)13-34-20-8-3-15(10-21(20)33-2)9-16(12-26)23(32)27-18-6-4-17(25)5-7-18/h3-11H,13H2,1-2H3,(H,27,32). The minimum Gasteiger partial charge on any atom is -0.493 e. The van der Waals surface area contributed by atoms with Gasteiger partial charge in [0, 0.05) is 11.8 Å². The van der Waals surface area contributed by atoms with Crippen molar-refractivity contribution in [2.75, 3.05) is 12.4 Å². The van der Waals surface area contributed by atoms with E-state index in [1.807, 2.05) is 6.07 Å². The van der Waals surface area contributed by atoms with Crippen molar-refractivity contribution in [3.05, 3.63) is 86.5 Å². The minimum atomic E-state index is -0.635. The van der Waals surface area contributed by atoms with Gasteiger partial charge in [-0.25, -0.2) is 9.37 Å². The van der Waals surface area contributed by atoms with Gasteiger partial charge in [0.2, 0.25) is 4.96 Å². The maximum absolute atomic E-state index is 13.1. The second-order valence-corrected chi connectivity index (χ2v) is 8.39. The molecule has 2 aromatic heterocycles. The van der Waals surface area contributed by atoms with Crippen molar-refractivity contribution in [1.82, 2.24) is 14.6 Å². The van der Waals surface area contributed by atoms with Gasteiger partial charge < -0.3 is 14.8 Å². The van der Waals surface area contributed by atoms with Crippen LogP contribution in [-0.2, 0) is 11.4 Å². The lowest BCUT2D eigenvalue weighted by atomic mass is 10.1. The number of carbonyl (C=O) groups excluding carboxylic acids is 1. The first-order chi connectivity index (χ1) is 16.9. The van der Waals surface area contributed by atoms with Crippen LogP contribution in [-0.4, -0.2) is 27.6 Å². The van der Waals surface area contributed by atoms with Crippen molar-refractivity contribution in [2.45, 2.75) is 13.5 Å². The molecule has 1 N–H and O–H groups in total. The number of hydrogen-bond donors (Lipinski definition) is 1. The first-order valence-corrected chi connectivity index (χ1v) is 11.0. The van der Waals surface area contributed by atoms with Gasteiger partial charge in [-0.2, -0.15) is 14.9 Å². The molecule has 0 atom stereocenters.